The molecule has 0 spiro atoms. The number of quaternary nitrogens is 1. The number of carbonyl (C=O) groups is 1. The second-order valence-electron chi connectivity index (χ2n) is 6.15. The Bertz CT molecular complexity index is 709. The molecule has 1 saturated heterocycles. The molecule has 5 heteroatoms. The molecule has 126 valence electrons. The second kappa shape index (κ2) is 7.36. The molecule has 1 aliphatic heterocycles. The Balaban J connectivity index is 1.54. The van der Waals surface area contributed by atoms with Gasteiger partial charge in [0.1, 0.15) is 5.75 Å². The smallest absolute Gasteiger partial charge is 0.222 e. The van der Waals surface area contributed by atoms with Crippen molar-refractivity contribution in [3.8, 4) is 5.75 Å². The Kier molecular flexibility index (Phi) is 5.01. The lowest BCUT2D eigenvalue weighted by Crippen LogP contribution is -3.15. The molecule has 2 aromatic carbocycles. The van der Waals surface area contributed by atoms with Gasteiger partial charge in [-0.25, -0.2) is 0 Å². The minimum absolute atomic E-state index is 0.107. The van der Waals surface area contributed by atoms with E-state index in [2.05, 4.69) is 36.1 Å². The molecular formula is C19H22N2O3. The van der Waals surface area contributed by atoms with E-state index in [1.54, 1.807) is 18.2 Å². The van der Waals surface area contributed by atoms with Gasteiger partial charge in [-0.2, -0.15) is 0 Å². The molecule has 0 amide bonds. The first-order chi connectivity index (χ1) is 11.6. The highest BCUT2D eigenvalue weighted by Gasteiger charge is 2.20. The summed E-state index contributed by atoms with van der Waals surface area (Å²) in [5, 5.41) is 11.1. The number of nitrogens with zero attached hydrogens (tertiary/aromatic N) is 1. The largest absolute Gasteiger partial charge is 0.545 e. The number of carboxylic acid groups (broad SMARTS) is 1. The van der Waals surface area contributed by atoms with Gasteiger partial charge < -0.3 is 19.5 Å². The molecule has 0 aliphatic carbocycles. The van der Waals surface area contributed by atoms with E-state index in [0.717, 1.165) is 26.2 Å². The van der Waals surface area contributed by atoms with Crippen LogP contribution in [0.15, 0.2) is 48.5 Å². The van der Waals surface area contributed by atoms with Gasteiger partial charge in [0.15, 0.2) is 0 Å². The molecule has 2 aromatic rings. The Morgan fingerprint density at radius 2 is 1.92 bits per heavy atom. The highest BCUT2D eigenvalue weighted by Crippen LogP contribution is 2.17. The lowest BCUT2D eigenvalue weighted by atomic mass is 10.2. The van der Waals surface area contributed by atoms with E-state index in [-0.39, 0.29) is 5.56 Å². The fourth-order valence-corrected chi connectivity index (χ4v) is 2.99. The van der Waals surface area contributed by atoms with E-state index in [1.807, 2.05) is 0 Å². The summed E-state index contributed by atoms with van der Waals surface area (Å²) in [6.07, 6.45) is 0. The predicted octanol–water partition coefficient (Wildman–Crippen LogP) is 0.0999. The number of para-hydroxylation sites is 1. The molecule has 0 atom stereocenters. The van der Waals surface area contributed by atoms with E-state index < -0.39 is 5.97 Å². The average Bonchev–Trinajstić information content (AvgIpc) is 2.60. The van der Waals surface area contributed by atoms with Crippen LogP contribution in [0, 0.1) is 6.92 Å². The number of carbonyl (C=O) groups excluding carboxylic acids is 1. The summed E-state index contributed by atoms with van der Waals surface area (Å²) in [6, 6.07) is 15.2. The Morgan fingerprint density at radius 1 is 1.17 bits per heavy atom. The number of benzene rings is 2. The fraction of sp³-hybridized carbons (Fsp3) is 0.316. The zero-order valence-electron chi connectivity index (χ0n) is 13.8. The van der Waals surface area contributed by atoms with E-state index >= 15 is 0 Å². The molecule has 0 saturated carbocycles. The number of anilines is 1. The standard InChI is InChI=1S/C19H22N2O3/c1-15-5-4-6-16(13-15)21-11-9-20(10-12-21)14-24-18-8-3-2-7-17(18)19(22)23/h2-8,13H,9-12,14H2,1H3,(H,22,23). The molecule has 5 nitrogen and oxygen atoms in total. The molecule has 0 radical (unpaired) electrons. The van der Waals surface area contributed by atoms with Crippen LogP contribution in [0.3, 0.4) is 0 Å². The number of rotatable bonds is 5. The van der Waals surface area contributed by atoms with Crippen LogP contribution in [-0.4, -0.2) is 38.9 Å². The van der Waals surface area contributed by atoms with Gasteiger partial charge in [0.2, 0.25) is 6.73 Å². The van der Waals surface area contributed by atoms with Gasteiger partial charge in [-0.05, 0) is 36.8 Å². The second-order valence-corrected chi connectivity index (χ2v) is 6.15. The Hall–Kier alpha value is -2.53. The van der Waals surface area contributed by atoms with Crippen molar-refractivity contribution in [3.05, 3.63) is 59.7 Å². The van der Waals surface area contributed by atoms with Crippen LogP contribution in [-0.2, 0) is 0 Å². The summed E-state index contributed by atoms with van der Waals surface area (Å²) in [6.45, 7) is 6.41. The summed E-state index contributed by atoms with van der Waals surface area (Å²) >= 11 is 0. The number of nitrogens with one attached hydrogen (secondary N) is 1. The lowest BCUT2D eigenvalue weighted by molar-refractivity contribution is -0.916. The number of hydrogen-bond acceptors (Lipinski definition) is 4. The third kappa shape index (κ3) is 3.86. The summed E-state index contributed by atoms with van der Waals surface area (Å²) in [4.78, 5) is 14.8. The minimum Gasteiger partial charge on any atom is -0.545 e. The van der Waals surface area contributed by atoms with Gasteiger partial charge in [-0.3, -0.25) is 4.90 Å². The third-order valence-corrected chi connectivity index (χ3v) is 4.38. The molecule has 1 aliphatic rings. The molecule has 1 heterocycles. The molecule has 1 fully saturated rings. The van der Waals surface area contributed by atoms with Gasteiger partial charge >= 0.3 is 0 Å². The van der Waals surface area contributed by atoms with E-state index in [9.17, 15) is 9.90 Å². The van der Waals surface area contributed by atoms with Crippen molar-refractivity contribution >= 4 is 11.7 Å². The van der Waals surface area contributed by atoms with Crippen LogP contribution >= 0.6 is 0 Å². The predicted molar refractivity (Wildman–Crippen MR) is 90.4 cm³/mol. The highest BCUT2D eigenvalue weighted by atomic mass is 16.5. The molecule has 0 aromatic heterocycles. The molecule has 24 heavy (non-hydrogen) atoms. The molecule has 1 N–H and O–H groups in total. The third-order valence-electron chi connectivity index (χ3n) is 4.38. The molecule has 3 rings (SSSR count). The Labute approximate surface area is 142 Å². The zero-order chi connectivity index (χ0) is 16.9. The van der Waals surface area contributed by atoms with Crippen molar-refractivity contribution < 1.29 is 19.5 Å². The number of ether oxygens (including phenoxy) is 1. The summed E-state index contributed by atoms with van der Waals surface area (Å²) in [5.74, 6) is -0.823. The number of aromatic carboxylic acids is 1. The van der Waals surface area contributed by atoms with Crippen molar-refractivity contribution in [3.63, 3.8) is 0 Å². The lowest BCUT2D eigenvalue weighted by Gasteiger charge is -2.33. The van der Waals surface area contributed by atoms with E-state index in [4.69, 9.17) is 4.74 Å². The van der Waals surface area contributed by atoms with Crippen LogP contribution in [0.5, 0.6) is 5.75 Å². The van der Waals surface area contributed by atoms with Crippen LogP contribution in [0.1, 0.15) is 15.9 Å². The topological polar surface area (TPSA) is 57.0 Å². The quantitative estimate of drug-likeness (QED) is 0.847. The van der Waals surface area contributed by atoms with Crippen molar-refractivity contribution in [2.24, 2.45) is 0 Å². The fourth-order valence-electron chi connectivity index (χ4n) is 2.99. The van der Waals surface area contributed by atoms with E-state index in [1.165, 1.54) is 22.2 Å². The van der Waals surface area contributed by atoms with Crippen LogP contribution < -0.4 is 19.6 Å². The zero-order valence-corrected chi connectivity index (χ0v) is 13.8. The number of piperazine rings is 1. The van der Waals surface area contributed by atoms with Gasteiger partial charge in [0.05, 0.1) is 32.1 Å². The van der Waals surface area contributed by atoms with Gasteiger partial charge in [0, 0.05) is 11.3 Å². The van der Waals surface area contributed by atoms with Crippen molar-refractivity contribution in [1.29, 1.82) is 0 Å². The van der Waals surface area contributed by atoms with Gasteiger partial charge in [-0.15, -0.1) is 0 Å². The summed E-state index contributed by atoms with van der Waals surface area (Å²) in [7, 11) is 0. The highest BCUT2D eigenvalue weighted by molar-refractivity contribution is 5.89. The molecular weight excluding hydrogens is 304 g/mol. The summed E-state index contributed by atoms with van der Waals surface area (Å²) in [5.41, 5.74) is 2.64. The first kappa shape index (κ1) is 16.3. The van der Waals surface area contributed by atoms with E-state index in [0.29, 0.717) is 12.5 Å². The van der Waals surface area contributed by atoms with Crippen molar-refractivity contribution in [2.75, 3.05) is 37.8 Å². The summed E-state index contributed by atoms with van der Waals surface area (Å²) < 4.78 is 5.72. The van der Waals surface area contributed by atoms with Crippen LogP contribution in [0.4, 0.5) is 5.69 Å². The maximum absolute atomic E-state index is 11.1. The normalized spacial score (nSPS) is 15.3. The maximum Gasteiger partial charge on any atom is 0.222 e. The Morgan fingerprint density at radius 3 is 2.62 bits per heavy atom. The SMILES string of the molecule is Cc1cccc(N2CC[NH+](COc3ccccc3C(=O)[O-])CC2)c1. The van der Waals surface area contributed by atoms with Crippen LogP contribution in [0.25, 0.3) is 0 Å². The number of carboxylic acids is 1. The first-order valence-electron chi connectivity index (χ1n) is 8.22. The van der Waals surface area contributed by atoms with Gasteiger partial charge in [0.25, 0.3) is 0 Å². The minimum atomic E-state index is -1.20. The molecule has 0 unspecified atom stereocenters. The van der Waals surface area contributed by atoms with Crippen LogP contribution in [0.2, 0.25) is 0 Å². The number of hydrogen-bond donors (Lipinski definition) is 1. The maximum atomic E-state index is 11.1. The molecule has 0 bridgehead atoms. The first-order valence-corrected chi connectivity index (χ1v) is 8.22. The van der Waals surface area contributed by atoms with Crippen molar-refractivity contribution in [2.45, 2.75) is 6.92 Å². The monoisotopic (exact) mass is 326 g/mol. The van der Waals surface area contributed by atoms with Crippen molar-refractivity contribution in [1.82, 2.24) is 0 Å². The van der Waals surface area contributed by atoms with Gasteiger partial charge in [-0.1, -0.05) is 24.3 Å². The average molecular weight is 326 g/mol. The number of aryl methyl sites for hydroxylation is 1.